The van der Waals surface area contributed by atoms with Crippen LogP contribution >= 0.6 is 0 Å². The standard InChI is InChI=1S/C32H34N4O3/c1-21-26(12-9-13-27(21)34-29(37)23-14-16-25(17-15-23)32(2,3)4)24-18-28(30(38)36(5)20-24)35-31(39)33-19-22-10-7-6-8-11-22/h6-18,20H,19H2,1-5H3,(H,34,37)(H2,33,35,39). The Labute approximate surface area is 228 Å². The Morgan fingerprint density at radius 2 is 1.54 bits per heavy atom. The van der Waals surface area contributed by atoms with Crippen molar-refractivity contribution in [3.05, 3.63) is 118 Å². The van der Waals surface area contributed by atoms with Gasteiger partial charge in [-0.15, -0.1) is 0 Å². The van der Waals surface area contributed by atoms with Crippen molar-refractivity contribution >= 4 is 23.3 Å². The number of pyridine rings is 1. The van der Waals surface area contributed by atoms with Gasteiger partial charge < -0.3 is 20.5 Å². The minimum Gasteiger partial charge on any atom is -0.334 e. The molecule has 39 heavy (non-hydrogen) atoms. The summed E-state index contributed by atoms with van der Waals surface area (Å²) in [6.45, 7) is 8.65. The van der Waals surface area contributed by atoms with Crippen molar-refractivity contribution in [3.8, 4) is 11.1 Å². The molecule has 1 aromatic heterocycles. The van der Waals surface area contributed by atoms with Gasteiger partial charge in [0.25, 0.3) is 11.5 Å². The molecule has 3 N–H and O–H groups in total. The molecule has 4 rings (SSSR count). The van der Waals surface area contributed by atoms with E-state index in [-0.39, 0.29) is 22.6 Å². The van der Waals surface area contributed by atoms with Crippen LogP contribution in [0.5, 0.6) is 0 Å². The zero-order chi connectivity index (χ0) is 28.2. The van der Waals surface area contributed by atoms with Gasteiger partial charge in [0.05, 0.1) is 0 Å². The van der Waals surface area contributed by atoms with Crippen LogP contribution in [-0.4, -0.2) is 16.5 Å². The topological polar surface area (TPSA) is 92.2 Å². The molecule has 0 aliphatic heterocycles. The number of carbonyl (C=O) groups excluding carboxylic acids is 2. The Morgan fingerprint density at radius 1 is 0.846 bits per heavy atom. The number of urea groups is 1. The number of rotatable bonds is 6. The van der Waals surface area contributed by atoms with Crippen molar-refractivity contribution in [1.29, 1.82) is 0 Å². The minimum absolute atomic E-state index is 0.00594. The third-order valence-corrected chi connectivity index (χ3v) is 6.63. The Bertz CT molecular complexity index is 1550. The van der Waals surface area contributed by atoms with Crippen LogP contribution < -0.4 is 21.5 Å². The highest BCUT2D eigenvalue weighted by molar-refractivity contribution is 6.05. The van der Waals surface area contributed by atoms with Gasteiger partial charge in [-0.05, 0) is 58.9 Å². The van der Waals surface area contributed by atoms with Gasteiger partial charge in [0, 0.05) is 36.6 Å². The summed E-state index contributed by atoms with van der Waals surface area (Å²) in [6, 6.07) is 24.0. The fourth-order valence-electron chi connectivity index (χ4n) is 4.29. The lowest BCUT2D eigenvalue weighted by molar-refractivity contribution is 0.102. The second kappa shape index (κ2) is 11.4. The highest BCUT2D eigenvalue weighted by Crippen LogP contribution is 2.30. The molecule has 0 unspecified atom stereocenters. The molecule has 0 saturated heterocycles. The summed E-state index contributed by atoms with van der Waals surface area (Å²) in [7, 11) is 1.64. The van der Waals surface area contributed by atoms with Crippen molar-refractivity contribution in [2.75, 3.05) is 10.6 Å². The Hall–Kier alpha value is -4.65. The first-order valence-corrected chi connectivity index (χ1v) is 12.8. The van der Waals surface area contributed by atoms with Crippen LogP contribution in [0.3, 0.4) is 0 Å². The second-order valence-electron chi connectivity index (χ2n) is 10.6. The number of nitrogens with one attached hydrogen (secondary N) is 3. The predicted octanol–water partition coefficient (Wildman–Crippen LogP) is 6.23. The van der Waals surface area contributed by atoms with E-state index in [1.165, 1.54) is 4.57 Å². The van der Waals surface area contributed by atoms with E-state index < -0.39 is 6.03 Å². The van der Waals surface area contributed by atoms with E-state index in [9.17, 15) is 14.4 Å². The van der Waals surface area contributed by atoms with Crippen LogP contribution in [0.1, 0.15) is 47.8 Å². The first-order valence-electron chi connectivity index (χ1n) is 12.8. The molecular formula is C32H34N4O3. The molecule has 7 heteroatoms. The number of hydrogen-bond donors (Lipinski definition) is 3. The summed E-state index contributed by atoms with van der Waals surface area (Å²) < 4.78 is 1.43. The molecule has 0 aliphatic carbocycles. The SMILES string of the molecule is Cc1c(NC(=O)c2ccc(C(C)(C)C)cc2)cccc1-c1cc(NC(=O)NCc2ccccc2)c(=O)n(C)c1. The molecule has 0 fully saturated rings. The lowest BCUT2D eigenvalue weighted by atomic mass is 9.86. The Balaban J connectivity index is 1.54. The number of anilines is 2. The number of amides is 3. The smallest absolute Gasteiger partial charge is 0.319 e. The van der Waals surface area contributed by atoms with Crippen LogP contribution in [0.25, 0.3) is 11.1 Å². The highest BCUT2D eigenvalue weighted by atomic mass is 16.2. The summed E-state index contributed by atoms with van der Waals surface area (Å²) in [5, 5.41) is 8.47. The molecule has 7 nitrogen and oxygen atoms in total. The molecule has 3 amide bonds. The first-order chi connectivity index (χ1) is 18.5. The maximum absolute atomic E-state index is 13.0. The molecule has 0 aliphatic rings. The number of aromatic nitrogens is 1. The average molecular weight is 523 g/mol. The zero-order valence-electron chi connectivity index (χ0n) is 23.0. The van der Waals surface area contributed by atoms with E-state index in [0.717, 1.165) is 27.8 Å². The van der Waals surface area contributed by atoms with Gasteiger partial charge in [0.2, 0.25) is 0 Å². The summed E-state index contributed by atoms with van der Waals surface area (Å²) in [5.41, 5.74) is 5.60. The molecule has 0 saturated carbocycles. The molecule has 0 atom stereocenters. The monoisotopic (exact) mass is 522 g/mol. The van der Waals surface area contributed by atoms with Crippen molar-refractivity contribution in [2.45, 2.75) is 39.7 Å². The fraction of sp³-hybridized carbons (Fsp3) is 0.219. The summed E-state index contributed by atoms with van der Waals surface area (Å²) in [5.74, 6) is -0.200. The lowest BCUT2D eigenvalue weighted by Gasteiger charge is -2.19. The second-order valence-corrected chi connectivity index (χ2v) is 10.6. The number of carbonyl (C=O) groups is 2. The van der Waals surface area contributed by atoms with Gasteiger partial charge in [-0.1, -0.05) is 75.4 Å². The maximum atomic E-state index is 13.0. The van der Waals surface area contributed by atoms with E-state index >= 15 is 0 Å². The van der Waals surface area contributed by atoms with Gasteiger partial charge >= 0.3 is 6.03 Å². The normalized spacial score (nSPS) is 11.1. The summed E-state index contributed by atoms with van der Waals surface area (Å²) >= 11 is 0. The molecule has 3 aromatic carbocycles. The highest BCUT2D eigenvalue weighted by Gasteiger charge is 2.16. The van der Waals surface area contributed by atoms with Gasteiger partial charge in [0.15, 0.2) is 0 Å². The van der Waals surface area contributed by atoms with E-state index in [4.69, 9.17) is 0 Å². The van der Waals surface area contributed by atoms with E-state index in [1.807, 2.05) is 79.7 Å². The lowest BCUT2D eigenvalue weighted by Crippen LogP contribution is -2.32. The van der Waals surface area contributed by atoms with E-state index in [2.05, 4.69) is 36.7 Å². The maximum Gasteiger partial charge on any atom is 0.319 e. The van der Waals surface area contributed by atoms with Crippen molar-refractivity contribution < 1.29 is 9.59 Å². The molecule has 0 spiro atoms. The average Bonchev–Trinajstić information content (AvgIpc) is 2.91. The number of benzene rings is 3. The molecule has 1 heterocycles. The van der Waals surface area contributed by atoms with Crippen molar-refractivity contribution in [3.63, 3.8) is 0 Å². The van der Waals surface area contributed by atoms with Crippen LogP contribution in [0.15, 0.2) is 89.9 Å². The first kappa shape index (κ1) is 27.4. The third-order valence-electron chi connectivity index (χ3n) is 6.63. The molecular weight excluding hydrogens is 488 g/mol. The number of aryl methyl sites for hydroxylation is 1. The van der Waals surface area contributed by atoms with E-state index in [1.54, 1.807) is 19.3 Å². The van der Waals surface area contributed by atoms with Crippen molar-refractivity contribution in [1.82, 2.24) is 9.88 Å². The van der Waals surface area contributed by atoms with Gasteiger partial charge in [-0.25, -0.2) is 4.79 Å². The van der Waals surface area contributed by atoms with Gasteiger partial charge in [0.1, 0.15) is 5.69 Å². The van der Waals surface area contributed by atoms with Crippen LogP contribution in [0.2, 0.25) is 0 Å². The number of nitrogens with zero attached hydrogens (tertiary/aromatic N) is 1. The molecule has 0 bridgehead atoms. The Kier molecular flexibility index (Phi) is 8.00. The molecule has 4 aromatic rings. The molecule has 0 radical (unpaired) electrons. The zero-order valence-corrected chi connectivity index (χ0v) is 23.0. The molecule has 200 valence electrons. The Morgan fingerprint density at radius 3 is 2.21 bits per heavy atom. The predicted molar refractivity (Wildman–Crippen MR) is 157 cm³/mol. The fourth-order valence-corrected chi connectivity index (χ4v) is 4.29. The van der Waals surface area contributed by atoms with Gasteiger partial charge in [-0.2, -0.15) is 0 Å². The van der Waals surface area contributed by atoms with Gasteiger partial charge in [-0.3, -0.25) is 9.59 Å². The third kappa shape index (κ3) is 6.62. The quantitative estimate of drug-likeness (QED) is 0.280. The van der Waals surface area contributed by atoms with E-state index in [0.29, 0.717) is 17.8 Å². The van der Waals surface area contributed by atoms with Crippen LogP contribution in [0.4, 0.5) is 16.2 Å². The minimum atomic E-state index is -0.469. The van der Waals surface area contributed by atoms with Crippen molar-refractivity contribution in [2.24, 2.45) is 7.05 Å². The summed E-state index contributed by atoms with van der Waals surface area (Å²) in [4.78, 5) is 38.3. The van der Waals surface area contributed by atoms with Crippen LogP contribution in [0, 0.1) is 6.92 Å². The largest absolute Gasteiger partial charge is 0.334 e. The van der Waals surface area contributed by atoms with Crippen LogP contribution in [-0.2, 0) is 19.0 Å². The number of hydrogen-bond acceptors (Lipinski definition) is 3. The summed E-state index contributed by atoms with van der Waals surface area (Å²) in [6.07, 6.45) is 1.72.